The molecule has 0 amide bonds. The molecular formula is C13H9Br2FN2O. The summed E-state index contributed by atoms with van der Waals surface area (Å²) >= 11 is 6.54. The normalized spacial score (nSPS) is 10.3. The van der Waals surface area contributed by atoms with Crippen molar-refractivity contribution in [1.29, 1.82) is 5.41 Å². The number of nitrogens with two attached hydrogens (primary N) is 1. The van der Waals surface area contributed by atoms with Crippen LogP contribution in [0.5, 0.6) is 11.5 Å². The van der Waals surface area contributed by atoms with Crippen LogP contribution in [-0.4, -0.2) is 5.84 Å². The van der Waals surface area contributed by atoms with Gasteiger partial charge in [0.05, 0.1) is 0 Å². The van der Waals surface area contributed by atoms with Crippen LogP contribution in [0.1, 0.15) is 5.56 Å². The number of nitrogen functional groups attached to an aromatic ring is 1. The standard InChI is InChI=1S/C13H9Br2FN2O/c14-7-1-4-11(16)12(5-7)19-8-2-3-9(13(17)18)10(15)6-8/h1-6H,(H3,17,18). The highest BCUT2D eigenvalue weighted by atomic mass is 79.9. The van der Waals surface area contributed by atoms with E-state index in [4.69, 9.17) is 15.9 Å². The average Bonchev–Trinajstić information content (AvgIpc) is 2.33. The van der Waals surface area contributed by atoms with Crippen molar-refractivity contribution in [3.8, 4) is 11.5 Å². The third-order valence-electron chi connectivity index (χ3n) is 2.35. The van der Waals surface area contributed by atoms with E-state index in [2.05, 4.69) is 31.9 Å². The summed E-state index contributed by atoms with van der Waals surface area (Å²) < 4.78 is 20.4. The molecule has 3 nitrogen and oxygen atoms in total. The molecule has 6 heteroatoms. The van der Waals surface area contributed by atoms with E-state index < -0.39 is 5.82 Å². The number of nitrogens with one attached hydrogen (secondary N) is 1. The van der Waals surface area contributed by atoms with Crippen molar-refractivity contribution in [2.45, 2.75) is 0 Å². The molecule has 0 aliphatic carbocycles. The highest BCUT2D eigenvalue weighted by molar-refractivity contribution is 9.10. The van der Waals surface area contributed by atoms with Crippen LogP contribution in [0.4, 0.5) is 4.39 Å². The molecule has 0 heterocycles. The van der Waals surface area contributed by atoms with Gasteiger partial charge in [0, 0.05) is 14.5 Å². The van der Waals surface area contributed by atoms with Gasteiger partial charge >= 0.3 is 0 Å². The van der Waals surface area contributed by atoms with Crippen LogP contribution in [0.2, 0.25) is 0 Å². The Balaban J connectivity index is 2.31. The molecule has 0 fully saturated rings. The Kier molecular flexibility index (Phi) is 4.21. The maximum Gasteiger partial charge on any atom is 0.165 e. The molecule has 2 rings (SSSR count). The molecular weight excluding hydrogens is 379 g/mol. The second-order valence-electron chi connectivity index (χ2n) is 3.73. The fourth-order valence-corrected chi connectivity index (χ4v) is 2.37. The van der Waals surface area contributed by atoms with Gasteiger partial charge in [0.25, 0.3) is 0 Å². The number of hydrogen-bond acceptors (Lipinski definition) is 2. The number of benzene rings is 2. The molecule has 0 saturated carbocycles. The Bertz CT molecular complexity index is 647. The summed E-state index contributed by atoms with van der Waals surface area (Å²) in [6, 6.07) is 9.36. The van der Waals surface area contributed by atoms with E-state index in [9.17, 15) is 4.39 Å². The lowest BCUT2D eigenvalue weighted by atomic mass is 10.2. The Hall–Kier alpha value is -1.40. The molecule has 0 aromatic heterocycles. The largest absolute Gasteiger partial charge is 0.454 e. The number of rotatable bonds is 3. The first kappa shape index (κ1) is 14.0. The zero-order valence-electron chi connectivity index (χ0n) is 9.58. The van der Waals surface area contributed by atoms with Gasteiger partial charge in [-0.15, -0.1) is 0 Å². The van der Waals surface area contributed by atoms with Gasteiger partial charge in [0.15, 0.2) is 11.6 Å². The first-order valence-corrected chi connectivity index (χ1v) is 6.83. The lowest BCUT2D eigenvalue weighted by molar-refractivity contribution is 0.441. The van der Waals surface area contributed by atoms with Gasteiger partial charge in [-0.3, -0.25) is 5.41 Å². The SMILES string of the molecule is N=C(N)c1ccc(Oc2cc(Br)ccc2F)cc1Br. The maximum absolute atomic E-state index is 13.6. The summed E-state index contributed by atoms with van der Waals surface area (Å²) in [5, 5.41) is 7.37. The molecule has 0 bridgehead atoms. The zero-order valence-corrected chi connectivity index (χ0v) is 12.8. The van der Waals surface area contributed by atoms with Crippen LogP contribution in [0.25, 0.3) is 0 Å². The molecule has 0 spiro atoms. The average molecular weight is 388 g/mol. The van der Waals surface area contributed by atoms with E-state index in [0.717, 1.165) is 4.47 Å². The van der Waals surface area contributed by atoms with Gasteiger partial charge in [0.1, 0.15) is 11.6 Å². The second kappa shape index (κ2) is 5.71. The van der Waals surface area contributed by atoms with E-state index in [1.165, 1.54) is 6.07 Å². The molecule has 2 aromatic rings. The number of amidine groups is 1. The van der Waals surface area contributed by atoms with Crippen LogP contribution >= 0.6 is 31.9 Å². The molecule has 2 aromatic carbocycles. The fraction of sp³-hybridized carbons (Fsp3) is 0. The Morgan fingerprint density at radius 1 is 1.16 bits per heavy atom. The molecule has 98 valence electrons. The van der Waals surface area contributed by atoms with Crippen molar-refractivity contribution in [2.75, 3.05) is 0 Å². The molecule has 0 unspecified atom stereocenters. The van der Waals surface area contributed by atoms with E-state index in [1.54, 1.807) is 30.3 Å². The van der Waals surface area contributed by atoms with Crippen molar-refractivity contribution in [3.05, 3.63) is 56.7 Å². The zero-order chi connectivity index (χ0) is 14.0. The summed E-state index contributed by atoms with van der Waals surface area (Å²) in [5.41, 5.74) is 5.96. The van der Waals surface area contributed by atoms with Gasteiger partial charge in [-0.25, -0.2) is 4.39 Å². The van der Waals surface area contributed by atoms with E-state index >= 15 is 0 Å². The van der Waals surface area contributed by atoms with Gasteiger partial charge in [0.2, 0.25) is 0 Å². The topological polar surface area (TPSA) is 59.1 Å². The van der Waals surface area contributed by atoms with E-state index in [1.807, 2.05) is 0 Å². The van der Waals surface area contributed by atoms with Crippen LogP contribution in [0, 0.1) is 11.2 Å². The summed E-state index contributed by atoms with van der Waals surface area (Å²) in [5.74, 6) is 0.0766. The molecule has 0 aliphatic rings. The highest BCUT2D eigenvalue weighted by Gasteiger charge is 2.08. The predicted molar refractivity (Wildman–Crippen MR) is 79.3 cm³/mol. The van der Waals surface area contributed by atoms with Gasteiger partial charge in [-0.1, -0.05) is 15.9 Å². The van der Waals surface area contributed by atoms with Gasteiger partial charge in [-0.05, 0) is 52.3 Å². The molecule has 0 aliphatic heterocycles. The monoisotopic (exact) mass is 386 g/mol. The van der Waals surface area contributed by atoms with Crippen LogP contribution in [0.3, 0.4) is 0 Å². The molecule has 19 heavy (non-hydrogen) atoms. The molecule has 0 atom stereocenters. The van der Waals surface area contributed by atoms with Crippen molar-refractivity contribution in [3.63, 3.8) is 0 Å². The molecule has 3 N–H and O–H groups in total. The summed E-state index contributed by atoms with van der Waals surface area (Å²) in [7, 11) is 0. The number of ether oxygens (including phenoxy) is 1. The lowest BCUT2D eigenvalue weighted by Gasteiger charge is -2.09. The smallest absolute Gasteiger partial charge is 0.165 e. The molecule has 0 radical (unpaired) electrons. The van der Waals surface area contributed by atoms with Crippen molar-refractivity contribution in [1.82, 2.24) is 0 Å². The first-order valence-electron chi connectivity index (χ1n) is 5.24. The van der Waals surface area contributed by atoms with Crippen molar-refractivity contribution < 1.29 is 9.13 Å². The third kappa shape index (κ3) is 3.33. The lowest BCUT2D eigenvalue weighted by Crippen LogP contribution is -2.11. The second-order valence-corrected chi connectivity index (χ2v) is 5.50. The predicted octanol–water partition coefficient (Wildman–Crippen LogP) is 4.43. The quantitative estimate of drug-likeness (QED) is 0.604. The highest BCUT2D eigenvalue weighted by Crippen LogP contribution is 2.30. The van der Waals surface area contributed by atoms with Gasteiger partial charge in [-0.2, -0.15) is 0 Å². The van der Waals surface area contributed by atoms with Gasteiger partial charge < -0.3 is 10.5 Å². The minimum atomic E-state index is -0.449. The Morgan fingerprint density at radius 3 is 2.53 bits per heavy atom. The summed E-state index contributed by atoms with van der Waals surface area (Å²) in [4.78, 5) is 0. The van der Waals surface area contributed by atoms with E-state index in [-0.39, 0.29) is 11.6 Å². The fourth-order valence-electron chi connectivity index (χ4n) is 1.46. The third-order valence-corrected chi connectivity index (χ3v) is 3.50. The van der Waals surface area contributed by atoms with E-state index in [0.29, 0.717) is 15.8 Å². The Labute approximate surface area is 126 Å². The van der Waals surface area contributed by atoms with Crippen molar-refractivity contribution in [2.24, 2.45) is 5.73 Å². The first-order chi connectivity index (χ1) is 8.97. The number of hydrogen-bond donors (Lipinski definition) is 2. The Morgan fingerprint density at radius 2 is 1.89 bits per heavy atom. The minimum absolute atomic E-state index is 0.0490. The molecule has 0 saturated heterocycles. The van der Waals surface area contributed by atoms with Crippen LogP contribution in [0.15, 0.2) is 45.3 Å². The number of halogens is 3. The van der Waals surface area contributed by atoms with Crippen LogP contribution in [-0.2, 0) is 0 Å². The van der Waals surface area contributed by atoms with Crippen molar-refractivity contribution >= 4 is 37.7 Å². The summed E-state index contributed by atoms with van der Waals surface area (Å²) in [6.45, 7) is 0. The maximum atomic E-state index is 13.6. The summed E-state index contributed by atoms with van der Waals surface area (Å²) in [6.07, 6.45) is 0. The van der Waals surface area contributed by atoms with Crippen LogP contribution < -0.4 is 10.5 Å². The minimum Gasteiger partial charge on any atom is -0.454 e.